The number of aromatic hydroxyl groups is 1. The summed E-state index contributed by atoms with van der Waals surface area (Å²) >= 11 is 0. The van der Waals surface area contributed by atoms with Gasteiger partial charge < -0.3 is 39.8 Å². The predicted molar refractivity (Wildman–Crippen MR) is 219 cm³/mol. The number of benzene rings is 3. The number of phenolic OH excluding ortho intramolecular Hbond substituents is 1. The minimum Gasteiger partial charge on any atom is -0.508 e. The molecule has 1 saturated heterocycles. The Morgan fingerprint density at radius 3 is 2.32 bits per heavy atom. The number of rotatable bonds is 16. The van der Waals surface area contributed by atoms with Crippen molar-refractivity contribution >= 4 is 29.8 Å². The zero-order valence-corrected chi connectivity index (χ0v) is 33.9. The Bertz CT molecular complexity index is 2070. The minimum absolute atomic E-state index is 0.0420. The summed E-state index contributed by atoms with van der Waals surface area (Å²) in [6, 6.07) is 20.4. The molecule has 3 aromatic carbocycles. The first kappa shape index (κ1) is 41.8. The van der Waals surface area contributed by atoms with Crippen LogP contribution < -0.4 is 10.6 Å². The number of hydrogen-bond acceptors (Lipinski definition) is 10. The van der Waals surface area contributed by atoms with Crippen LogP contribution >= 0.6 is 0 Å². The molecular weight excluding hydrogens is 753 g/mol. The average Bonchev–Trinajstić information content (AvgIpc) is 4.16. The number of fused-ring (bicyclic) bond motifs is 1. The second-order valence-electron chi connectivity index (χ2n) is 17.0. The summed E-state index contributed by atoms with van der Waals surface area (Å²) in [5.74, 6) is -1.65. The zero-order valence-electron chi connectivity index (χ0n) is 33.9. The third kappa shape index (κ3) is 10.7. The van der Waals surface area contributed by atoms with E-state index in [0.717, 1.165) is 36.8 Å². The van der Waals surface area contributed by atoms with Crippen LogP contribution in [-0.2, 0) is 41.5 Å². The third-order valence-corrected chi connectivity index (χ3v) is 11.1. The molecule has 2 saturated carbocycles. The fraction of sp³-hybridized carbons (Fsp3) is 0.447. The van der Waals surface area contributed by atoms with Gasteiger partial charge in [0.05, 0.1) is 18.2 Å². The Kier molecular flexibility index (Phi) is 12.7. The molecule has 0 bridgehead atoms. The molecule has 4 atom stereocenters. The number of ether oxygens (including phenoxy) is 4. The number of amides is 2. The van der Waals surface area contributed by atoms with Crippen LogP contribution in [0.4, 0.5) is 0 Å². The lowest BCUT2D eigenvalue weighted by Gasteiger charge is -2.31. The summed E-state index contributed by atoms with van der Waals surface area (Å²) in [4.78, 5) is 52.7. The summed E-state index contributed by atoms with van der Waals surface area (Å²) in [5, 5.41) is 25.7. The first-order chi connectivity index (χ1) is 28.3. The Morgan fingerprint density at radius 1 is 0.915 bits per heavy atom. The van der Waals surface area contributed by atoms with Gasteiger partial charge in [-0.3, -0.25) is 14.4 Å². The monoisotopic (exact) mass is 806 g/mol. The highest BCUT2D eigenvalue weighted by Gasteiger charge is 2.64. The van der Waals surface area contributed by atoms with Crippen LogP contribution in [0.5, 0.6) is 5.75 Å². The topological polar surface area (TPSA) is 170 Å². The molecule has 2 amide bonds. The molecule has 0 spiro atoms. The van der Waals surface area contributed by atoms with E-state index >= 15 is 0 Å². The fourth-order valence-electron chi connectivity index (χ4n) is 7.79. The van der Waals surface area contributed by atoms with Crippen molar-refractivity contribution in [2.24, 2.45) is 11.8 Å². The maximum atomic E-state index is 13.8. The second-order valence-corrected chi connectivity index (χ2v) is 17.0. The molecule has 3 aliphatic carbocycles. The SMILES string of the molecule is CC(C)(C)OC(=O)CCC(CO)NC(=O)c1cccc(CNC(=O)C2=CC3OC(C4CC4)(C4CC4)OC3C(OC(=O)c3ccc(C=CCc4ccccc4O)cc3)C2)c1. The molecule has 12 nitrogen and oxygen atoms in total. The lowest BCUT2D eigenvalue weighted by atomic mass is 9.91. The second kappa shape index (κ2) is 17.9. The van der Waals surface area contributed by atoms with E-state index in [-0.39, 0.29) is 55.9 Å². The van der Waals surface area contributed by atoms with Crippen molar-refractivity contribution in [3.8, 4) is 5.75 Å². The minimum atomic E-state index is -0.766. The number of para-hydroxylation sites is 1. The summed E-state index contributed by atoms with van der Waals surface area (Å²) in [6.07, 6.45) is 8.78. The van der Waals surface area contributed by atoms with Crippen molar-refractivity contribution in [3.05, 3.63) is 118 Å². The Morgan fingerprint density at radius 2 is 1.64 bits per heavy atom. The van der Waals surface area contributed by atoms with Crippen LogP contribution in [0.15, 0.2) is 90.5 Å². The van der Waals surface area contributed by atoms with E-state index < -0.39 is 53.6 Å². The molecule has 12 heteroatoms. The number of nitrogens with one attached hydrogen (secondary N) is 2. The first-order valence-corrected chi connectivity index (χ1v) is 20.6. The van der Waals surface area contributed by atoms with Gasteiger partial charge in [-0.25, -0.2) is 4.79 Å². The van der Waals surface area contributed by atoms with Crippen molar-refractivity contribution in [2.75, 3.05) is 6.61 Å². The number of allylic oxidation sites excluding steroid dienone is 1. The third-order valence-electron chi connectivity index (χ3n) is 11.1. The van der Waals surface area contributed by atoms with Gasteiger partial charge in [0.15, 0.2) is 5.79 Å². The lowest BCUT2D eigenvalue weighted by molar-refractivity contribution is -0.209. The lowest BCUT2D eigenvalue weighted by Crippen LogP contribution is -2.44. The van der Waals surface area contributed by atoms with Crippen molar-refractivity contribution in [1.29, 1.82) is 0 Å². The maximum absolute atomic E-state index is 13.8. The highest BCUT2D eigenvalue weighted by molar-refractivity contribution is 5.95. The van der Waals surface area contributed by atoms with Gasteiger partial charge >= 0.3 is 11.9 Å². The van der Waals surface area contributed by atoms with Gasteiger partial charge in [0.1, 0.15) is 29.7 Å². The average molecular weight is 807 g/mol. The van der Waals surface area contributed by atoms with Crippen molar-refractivity contribution in [3.63, 3.8) is 0 Å². The molecule has 4 N–H and O–H groups in total. The van der Waals surface area contributed by atoms with E-state index in [9.17, 15) is 29.4 Å². The molecule has 4 aliphatic rings. The van der Waals surface area contributed by atoms with E-state index in [0.29, 0.717) is 28.7 Å². The number of hydrogen-bond donors (Lipinski definition) is 4. The number of aliphatic hydroxyl groups excluding tert-OH is 1. The number of phenols is 1. The summed E-state index contributed by atoms with van der Waals surface area (Å²) in [7, 11) is 0. The summed E-state index contributed by atoms with van der Waals surface area (Å²) in [6.45, 7) is 5.10. The Balaban J connectivity index is 0.984. The summed E-state index contributed by atoms with van der Waals surface area (Å²) < 4.78 is 25.0. The van der Waals surface area contributed by atoms with Crippen LogP contribution in [-0.4, -0.2) is 76.3 Å². The van der Waals surface area contributed by atoms with Crippen LogP contribution in [0.25, 0.3) is 6.08 Å². The van der Waals surface area contributed by atoms with Gasteiger partial charge in [-0.1, -0.05) is 54.6 Å². The van der Waals surface area contributed by atoms with Crippen LogP contribution in [0.1, 0.15) is 103 Å². The molecule has 3 fully saturated rings. The largest absolute Gasteiger partial charge is 0.508 e. The molecule has 312 valence electrons. The predicted octanol–water partition coefficient (Wildman–Crippen LogP) is 6.33. The molecule has 3 aromatic rings. The number of aliphatic hydroxyl groups is 1. The van der Waals surface area contributed by atoms with E-state index in [1.807, 2.05) is 42.5 Å². The van der Waals surface area contributed by atoms with Gasteiger partial charge in [0, 0.05) is 42.4 Å². The van der Waals surface area contributed by atoms with E-state index in [1.54, 1.807) is 69.3 Å². The number of esters is 2. The molecule has 7 rings (SSSR count). The highest BCUT2D eigenvalue weighted by Crippen LogP contribution is 2.59. The first-order valence-electron chi connectivity index (χ1n) is 20.6. The molecule has 59 heavy (non-hydrogen) atoms. The van der Waals surface area contributed by atoms with Gasteiger partial charge in [-0.15, -0.1) is 0 Å². The Hall–Kier alpha value is -5.30. The molecule has 1 heterocycles. The maximum Gasteiger partial charge on any atom is 0.338 e. The molecule has 4 unspecified atom stereocenters. The van der Waals surface area contributed by atoms with E-state index in [2.05, 4.69) is 10.6 Å². The van der Waals surface area contributed by atoms with E-state index in [4.69, 9.17) is 18.9 Å². The standard InChI is InChI=1S/C47H54N2O10/c1-46(2,3)58-41(52)23-22-37(28-50)49-44(54)33-12-7-9-30(24-33)27-48-43(53)34-25-39(42-40(26-34)57-47(59-42,35-18-19-35)36-20-21-36)56-45(55)32-16-14-29(15-17-32)8-6-11-31-10-4-5-13-38(31)51/h4-10,12-17,24,26,35-37,39-40,42,50-51H,11,18-23,25,27-28H2,1-3H3,(H,48,53)(H,49,54). The van der Waals surface area contributed by atoms with Gasteiger partial charge in [-0.05, 0) is 112 Å². The molecular formula is C47H54N2O10. The number of carbonyl (C=O) groups excluding carboxylic acids is 4. The van der Waals surface area contributed by atoms with Gasteiger partial charge in [0.2, 0.25) is 5.91 Å². The highest BCUT2D eigenvalue weighted by atomic mass is 16.8. The Labute approximate surface area is 345 Å². The van der Waals surface area contributed by atoms with Crippen LogP contribution in [0.2, 0.25) is 0 Å². The van der Waals surface area contributed by atoms with Crippen molar-refractivity contribution in [1.82, 2.24) is 10.6 Å². The fourth-order valence-corrected chi connectivity index (χ4v) is 7.79. The quantitative estimate of drug-likeness (QED) is 0.120. The smallest absolute Gasteiger partial charge is 0.338 e. The molecule has 1 aliphatic heterocycles. The van der Waals surface area contributed by atoms with Crippen molar-refractivity contribution < 1.29 is 48.3 Å². The van der Waals surface area contributed by atoms with Crippen molar-refractivity contribution in [2.45, 2.75) is 114 Å². The normalized spacial score (nSPS) is 21.6. The van der Waals surface area contributed by atoms with Gasteiger partial charge in [0.25, 0.3) is 5.91 Å². The molecule has 0 radical (unpaired) electrons. The zero-order chi connectivity index (χ0) is 41.7. The molecule has 0 aromatic heterocycles. The van der Waals surface area contributed by atoms with Crippen LogP contribution in [0.3, 0.4) is 0 Å². The van der Waals surface area contributed by atoms with Crippen LogP contribution in [0, 0.1) is 11.8 Å². The number of carbonyl (C=O) groups is 4. The van der Waals surface area contributed by atoms with E-state index in [1.165, 1.54) is 0 Å². The summed E-state index contributed by atoms with van der Waals surface area (Å²) in [5.41, 5.74) is 2.88. The van der Waals surface area contributed by atoms with Gasteiger partial charge in [-0.2, -0.15) is 0 Å².